The van der Waals surface area contributed by atoms with Crippen LogP contribution >= 0.6 is 11.6 Å². The van der Waals surface area contributed by atoms with E-state index >= 15 is 0 Å². The first kappa shape index (κ1) is 17.6. The second kappa shape index (κ2) is 8.21. The number of hydrogen-bond donors (Lipinski definition) is 3. The summed E-state index contributed by atoms with van der Waals surface area (Å²) in [6, 6.07) is 12.8. The molecule has 0 heterocycles. The zero-order chi connectivity index (χ0) is 17.5. The molecule has 2 rings (SSSR count). The van der Waals surface area contributed by atoms with E-state index in [0.717, 1.165) is 0 Å². The maximum Gasteiger partial charge on any atom is 0.321 e. The topological polar surface area (TPSA) is 79.5 Å². The number of imide groups is 1. The molecule has 1 atom stereocenters. The molecule has 0 aliphatic carbocycles. The summed E-state index contributed by atoms with van der Waals surface area (Å²) in [7, 11) is 2.97. The molecule has 0 aliphatic rings. The van der Waals surface area contributed by atoms with Crippen molar-refractivity contribution in [1.29, 1.82) is 0 Å². The largest absolute Gasteiger partial charge is 0.495 e. The molecule has 0 radical (unpaired) electrons. The van der Waals surface area contributed by atoms with E-state index in [9.17, 15) is 9.59 Å². The van der Waals surface area contributed by atoms with Crippen molar-refractivity contribution >= 4 is 29.2 Å². The highest BCUT2D eigenvalue weighted by molar-refractivity contribution is 6.32. The minimum Gasteiger partial charge on any atom is -0.495 e. The number of rotatable bonds is 5. The Kier molecular flexibility index (Phi) is 6.03. The highest BCUT2D eigenvalue weighted by atomic mass is 35.5. The number of carbonyl (C=O) groups excluding carboxylic acids is 2. The van der Waals surface area contributed by atoms with Crippen molar-refractivity contribution in [2.45, 2.75) is 6.04 Å². The monoisotopic (exact) mass is 347 g/mol. The summed E-state index contributed by atoms with van der Waals surface area (Å²) in [5, 5.41) is 8.13. The molecule has 0 aromatic heterocycles. The highest BCUT2D eigenvalue weighted by Gasteiger charge is 2.22. The maximum absolute atomic E-state index is 12.4. The Balaban J connectivity index is 2.27. The van der Waals surface area contributed by atoms with Gasteiger partial charge in [0.25, 0.3) is 5.91 Å². The fourth-order valence-electron chi connectivity index (χ4n) is 2.12. The van der Waals surface area contributed by atoms with Crippen LogP contribution in [0.3, 0.4) is 0 Å². The van der Waals surface area contributed by atoms with Gasteiger partial charge in [-0.15, -0.1) is 0 Å². The third-order valence-corrected chi connectivity index (χ3v) is 3.62. The molecule has 24 heavy (non-hydrogen) atoms. The van der Waals surface area contributed by atoms with Gasteiger partial charge in [0.15, 0.2) is 0 Å². The van der Waals surface area contributed by atoms with E-state index in [1.165, 1.54) is 14.2 Å². The number of halogens is 1. The quantitative estimate of drug-likeness (QED) is 0.777. The summed E-state index contributed by atoms with van der Waals surface area (Å²) in [6.07, 6.45) is 0. The molecule has 7 heteroatoms. The molecule has 2 aromatic carbocycles. The van der Waals surface area contributed by atoms with Crippen LogP contribution in [0, 0.1) is 0 Å². The van der Waals surface area contributed by atoms with Gasteiger partial charge in [-0.25, -0.2) is 4.79 Å². The van der Waals surface area contributed by atoms with Gasteiger partial charge in [-0.2, -0.15) is 0 Å². The molecule has 126 valence electrons. The molecule has 0 bridgehead atoms. The van der Waals surface area contributed by atoms with E-state index in [1.807, 2.05) is 18.2 Å². The van der Waals surface area contributed by atoms with Crippen molar-refractivity contribution in [2.24, 2.45) is 0 Å². The van der Waals surface area contributed by atoms with Crippen molar-refractivity contribution in [3.63, 3.8) is 0 Å². The van der Waals surface area contributed by atoms with Crippen LogP contribution in [0.5, 0.6) is 5.75 Å². The van der Waals surface area contributed by atoms with Crippen LogP contribution in [-0.2, 0) is 4.79 Å². The van der Waals surface area contributed by atoms with Crippen LogP contribution < -0.4 is 20.7 Å². The minimum absolute atomic E-state index is 0.418. The first-order valence-corrected chi connectivity index (χ1v) is 7.60. The Labute approximate surface area is 145 Å². The van der Waals surface area contributed by atoms with Gasteiger partial charge < -0.3 is 15.4 Å². The summed E-state index contributed by atoms with van der Waals surface area (Å²) >= 11 is 6.12. The number of benzene rings is 2. The van der Waals surface area contributed by atoms with Gasteiger partial charge in [-0.3, -0.25) is 10.1 Å². The number of anilines is 1. The van der Waals surface area contributed by atoms with Gasteiger partial charge in [0.05, 0.1) is 12.1 Å². The Bertz CT molecular complexity index is 722. The third-order valence-electron chi connectivity index (χ3n) is 3.32. The smallest absolute Gasteiger partial charge is 0.321 e. The Hall–Kier alpha value is -2.73. The lowest BCUT2D eigenvalue weighted by Crippen LogP contribution is -2.42. The lowest BCUT2D eigenvalue weighted by molar-refractivity contribution is -0.120. The molecular weight excluding hydrogens is 330 g/mol. The number of hydrogen-bond acceptors (Lipinski definition) is 4. The summed E-state index contributed by atoms with van der Waals surface area (Å²) in [5.41, 5.74) is 1.34. The number of carbonyl (C=O) groups is 2. The number of urea groups is 1. The molecular formula is C17H18ClN3O3. The molecule has 0 saturated carbocycles. The normalized spacial score (nSPS) is 11.3. The van der Waals surface area contributed by atoms with Gasteiger partial charge in [0, 0.05) is 12.7 Å². The van der Waals surface area contributed by atoms with Crippen LogP contribution in [0.25, 0.3) is 0 Å². The molecule has 0 saturated heterocycles. The second-order valence-corrected chi connectivity index (χ2v) is 5.31. The summed E-state index contributed by atoms with van der Waals surface area (Å²) in [6.45, 7) is 0. The Morgan fingerprint density at radius 1 is 1.12 bits per heavy atom. The maximum atomic E-state index is 12.4. The van der Waals surface area contributed by atoms with Gasteiger partial charge in [-0.1, -0.05) is 41.9 Å². The average Bonchev–Trinajstić information content (AvgIpc) is 2.60. The zero-order valence-electron chi connectivity index (χ0n) is 13.3. The third kappa shape index (κ3) is 4.39. The van der Waals surface area contributed by atoms with Crippen molar-refractivity contribution in [3.05, 3.63) is 59.1 Å². The molecule has 0 fully saturated rings. The van der Waals surface area contributed by atoms with E-state index in [-0.39, 0.29) is 0 Å². The number of methoxy groups -OCH3 is 1. The predicted octanol–water partition coefficient (Wildman–Crippen LogP) is 2.96. The predicted molar refractivity (Wildman–Crippen MR) is 93.4 cm³/mol. The molecule has 2 aromatic rings. The first-order chi connectivity index (χ1) is 11.5. The lowest BCUT2D eigenvalue weighted by atomic mass is 10.1. The summed E-state index contributed by atoms with van der Waals surface area (Å²) in [4.78, 5) is 23.9. The van der Waals surface area contributed by atoms with Crippen LogP contribution in [0.2, 0.25) is 5.02 Å². The molecule has 6 nitrogen and oxygen atoms in total. The van der Waals surface area contributed by atoms with Crippen LogP contribution in [0.1, 0.15) is 11.6 Å². The molecule has 0 aliphatic heterocycles. The summed E-state index contributed by atoms with van der Waals surface area (Å²) in [5.74, 6) is 0.0563. The Morgan fingerprint density at radius 2 is 1.83 bits per heavy atom. The SMILES string of the molecule is CNC(=O)NC(=O)C(Nc1ccc(OC)c(Cl)c1)c1ccccc1. The first-order valence-electron chi connectivity index (χ1n) is 7.22. The van der Waals surface area contributed by atoms with Gasteiger partial charge in [0.1, 0.15) is 11.8 Å². The zero-order valence-corrected chi connectivity index (χ0v) is 14.1. The van der Waals surface area contributed by atoms with E-state index in [4.69, 9.17) is 16.3 Å². The van der Waals surface area contributed by atoms with Gasteiger partial charge in [-0.05, 0) is 23.8 Å². The van der Waals surface area contributed by atoms with Crippen LogP contribution in [-0.4, -0.2) is 26.1 Å². The van der Waals surface area contributed by atoms with E-state index in [2.05, 4.69) is 16.0 Å². The molecule has 3 amide bonds. The highest BCUT2D eigenvalue weighted by Crippen LogP contribution is 2.29. The van der Waals surface area contributed by atoms with Crippen molar-refractivity contribution in [2.75, 3.05) is 19.5 Å². The average molecular weight is 348 g/mol. The lowest BCUT2D eigenvalue weighted by Gasteiger charge is -2.20. The molecule has 0 spiro atoms. The van der Waals surface area contributed by atoms with Gasteiger partial charge in [0.2, 0.25) is 0 Å². The fraction of sp³-hybridized carbons (Fsp3) is 0.176. The standard InChI is InChI=1S/C17H18ClN3O3/c1-19-17(23)21-16(22)15(11-6-4-3-5-7-11)20-12-8-9-14(24-2)13(18)10-12/h3-10,15,20H,1-2H3,(H2,19,21,22,23). The van der Waals surface area contributed by atoms with Crippen LogP contribution in [0.15, 0.2) is 48.5 Å². The minimum atomic E-state index is -0.757. The molecule has 3 N–H and O–H groups in total. The number of ether oxygens (including phenoxy) is 1. The molecule has 1 unspecified atom stereocenters. The number of nitrogens with one attached hydrogen (secondary N) is 3. The van der Waals surface area contributed by atoms with Crippen molar-refractivity contribution < 1.29 is 14.3 Å². The van der Waals surface area contributed by atoms with E-state index in [1.54, 1.807) is 30.3 Å². The van der Waals surface area contributed by atoms with Crippen LogP contribution in [0.4, 0.5) is 10.5 Å². The Morgan fingerprint density at radius 3 is 2.42 bits per heavy atom. The second-order valence-electron chi connectivity index (χ2n) is 4.91. The van der Waals surface area contributed by atoms with Crippen molar-refractivity contribution in [3.8, 4) is 5.75 Å². The van der Waals surface area contributed by atoms with E-state index in [0.29, 0.717) is 22.0 Å². The summed E-state index contributed by atoms with van der Waals surface area (Å²) < 4.78 is 5.11. The van der Waals surface area contributed by atoms with Gasteiger partial charge >= 0.3 is 6.03 Å². The van der Waals surface area contributed by atoms with E-state index < -0.39 is 18.0 Å². The number of amides is 3. The van der Waals surface area contributed by atoms with Crippen molar-refractivity contribution in [1.82, 2.24) is 10.6 Å². The fourth-order valence-corrected chi connectivity index (χ4v) is 2.37.